The van der Waals surface area contributed by atoms with Crippen LogP contribution in [0.2, 0.25) is 0 Å². The summed E-state index contributed by atoms with van der Waals surface area (Å²) in [7, 11) is 0. The predicted molar refractivity (Wildman–Crippen MR) is 167 cm³/mol. The fraction of sp³-hybridized carbons (Fsp3) is 0.176. The van der Waals surface area contributed by atoms with E-state index in [2.05, 4.69) is 9.97 Å². The van der Waals surface area contributed by atoms with Crippen LogP contribution in [-0.2, 0) is 32.1 Å². The van der Waals surface area contributed by atoms with Gasteiger partial charge < -0.3 is 40.1 Å². The van der Waals surface area contributed by atoms with Gasteiger partial charge in [0.15, 0.2) is 34.5 Å². The number of hydrogen-bond acceptors (Lipinski definition) is 12. The van der Waals surface area contributed by atoms with Crippen molar-refractivity contribution in [2.45, 2.75) is 39.9 Å². The summed E-state index contributed by atoms with van der Waals surface area (Å²) in [6, 6.07) is 10.6. The summed E-state index contributed by atoms with van der Waals surface area (Å²) in [4.78, 5) is 34.9. The third-order valence-corrected chi connectivity index (χ3v) is 6.98. The van der Waals surface area contributed by atoms with E-state index < -0.39 is 35.3 Å². The van der Waals surface area contributed by atoms with Crippen molar-refractivity contribution >= 4 is 30.2 Å². The molecule has 1 heterocycles. The molecule has 238 valence electrons. The summed E-state index contributed by atoms with van der Waals surface area (Å²) in [5.41, 5.74) is 3.65. The summed E-state index contributed by atoms with van der Waals surface area (Å²) < 4.78 is 10.9. The maximum absolute atomic E-state index is 13.2. The number of ether oxygens (including phenoxy) is 2. The summed E-state index contributed by atoms with van der Waals surface area (Å²) in [6.45, 7) is 5.07. The van der Waals surface area contributed by atoms with E-state index in [1.165, 1.54) is 66.8 Å². The largest absolute Gasteiger partial charge is 0.504 e. The minimum Gasteiger partial charge on any atom is -0.504 e. The molecule has 0 fully saturated rings. The number of phenolic OH excluding ortho intramolecular Hbond substituents is 6. The van der Waals surface area contributed by atoms with Crippen molar-refractivity contribution in [3.8, 4) is 34.5 Å². The van der Waals surface area contributed by atoms with E-state index in [1.54, 1.807) is 20.8 Å². The number of aryl methyl sites for hydroxylation is 3. The van der Waals surface area contributed by atoms with E-state index in [9.17, 15) is 40.2 Å². The average molecular weight is 629 g/mol. The van der Waals surface area contributed by atoms with E-state index in [4.69, 9.17) is 9.47 Å². The molecule has 1 aromatic heterocycles. The number of rotatable bonds is 10. The Hall–Kier alpha value is -6.04. The van der Waals surface area contributed by atoms with Crippen LogP contribution >= 0.6 is 0 Å². The number of aromatic nitrogens is 2. The van der Waals surface area contributed by atoms with Crippen molar-refractivity contribution in [2.75, 3.05) is 0 Å². The SMILES string of the molecule is Cc1nc(C)c(COC(=O)C(Cc2ccc(O)c(O)c2)OC(=O)/C=C/c2ccc(O)c(O)c2/C=C/c2ccc(O)c(O)c2)nc1C. The standard InChI is InChI=1S/C34H32N2O10/c1-18-19(2)36-25(20(3)35-18)17-45-34(44)31(16-22-6-11-27(38)30(41)15-22)46-32(42)13-8-23-7-12-28(39)33(43)24(23)9-4-21-5-10-26(37)29(40)14-21/h4-15,31,37-41,43H,16-17H2,1-3H3/b9-4+,13-8+. The van der Waals surface area contributed by atoms with Crippen LogP contribution < -0.4 is 0 Å². The van der Waals surface area contributed by atoms with Crippen LogP contribution in [0.5, 0.6) is 34.5 Å². The zero-order valence-corrected chi connectivity index (χ0v) is 25.1. The highest BCUT2D eigenvalue weighted by atomic mass is 16.6. The van der Waals surface area contributed by atoms with Gasteiger partial charge in [-0.3, -0.25) is 9.97 Å². The first kappa shape index (κ1) is 32.9. The molecular formula is C34H32N2O10. The van der Waals surface area contributed by atoms with Gasteiger partial charge >= 0.3 is 11.9 Å². The summed E-state index contributed by atoms with van der Waals surface area (Å²) >= 11 is 0. The lowest BCUT2D eigenvalue weighted by molar-refractivity contribution is -0.166. The summed E-state index contributed by atoms with van der Waals surface area (Å²) in [5.74, 6) is -4.18. The molecule has 4 aromatic rings. The van der Waals surface area contributed by atoms with Crippen molar-refractivity contribution in [3.05, 3.63) is 99.6 Å². The monoisotopic (exact) mass is 628 g/mol. The topological polar surface area (TPSA) is 200 Å². The van der Waals surface area contributed by atoms with E-state index in [1.807, 2.05) is 0 Å². The second kappa shape index (κ2) is 14.2. The fourth-order valence-corrected chi connectivity index (χ4v) is 4.31. The van der Waals surface area contributed by atoms with Gasteiger partial charge in [-0.05, 0) is 79.9 Å². The van der Waals surface area contributed by atoms with Crippen LogP contribution in [0.3, 0.4) is 0 Å². The lowest BCUT2D eigenvalue weighted by Crippen LogP contribution is -2.31. The van der Waals surface area contributed by atoms with Crippen molar-refractivity contribution in [3.63, 3.8) is 0 Å². The van der Waals surface area contributed by atoms with E-state index >= 15 is 0 Å². The smallest absolute Gasteiger partial charge is 0.348 e. The zero-order chi connectivity index (χ0) is 33.5. The molecule has 12 nitrogen and oxygen atoms in total. The van der Waals surface area contributed by atoms with Crippen LogP contribution in [0.15, 0.2) is 54.6 Å². The van der Waals surface area contributed by atoms with Gasteiger partial charge in [-0.25, -0.2) is 9.59 Å². The summed E-state index contributed by atoms with van der Waals surface area (Å²) in [6.07, 6.45) is 3.60. The first-order chi connectivity index (χ1) is 21.8. The van der Waals surface area contributed by atoms with Gasteiger partial charge in [-0.15, -0.1) is 0 Å². The van der Waals surface area contributed by atoms with Crippen LogP contribution in [-0.4, -0.2) is 58.6 Å². The second-order valence-corrected chi connectivity index (χ2v) is 10.3. The van der Waals surface area contributed by atoms with Gasteiger partial charge in [0.25, 0.3) is 0 Å². The molecule has 0 amide bonds. The minimum atomic E-state index is -1.46. The van der Waals surface area contributed by atoms with Gasteiger partial charge in [0.2, 0.25) is 6.10 Å². The second-order valence-electron chi connectivity index (χ2n) is 10.3. The lowest BCUT2D eigenvalue weighted by Gasteiger charge is -2.17. The molecule has 12 heteroatoms. The Labute approximate surface area is 263 Å². The minimum absolute atomic E-state index is 0.122. The Morgan fingerprint density at radius 1 is 0.739 bits per heavy atom. The van der Waals surface area contributed by atoms with E-state index in [0.29, 0.717) is 28.2 Å². The van der Waals surface area contributed by atoms with Gasteiger partial charge in [0, 0.05) is 18.1 Å². The molecule has 0 saturated heterocycles. The Morgan fingerprint density at radius 2 is 1.39 bits per heavy atom. The number of aromatic hydroxyl groups is 6. The van der Waals surface area contributed by atoms with E-state index in [0.717, 1.165) is 11.8 Å². The molecule has 0 aliphatic rings. The summed E-state index contributed by atoms with van der Waals surface area (Å²) in [5, 5.41) is 59.4. The van der Waals surface area contributed by atoms with Gasteiger partial charge in [0.1, 0.15) is 6.61 Å². The molecule has 6 N–H and O–H groups in total. The highest BCUT2D eigenvalue weighted by molar-refractivity contribution is 5.91. The fourth-order valence-electron chi connectivity index (χ4n) is 4.31. The Bertz CT molecular complexity index is 1850. The number of carbonyl (C=O) groups excluding carboxylic acids is 2. The number of nitrogens with zero attached hydrogens (tertiary/aromatic N) is 2. The Balaban J connectivity index is 1.56. The predicted octanol–water partition coefficient (Wildman–Crippen LogP) is 4.72. The molecule has 0 spiro atoms. The molecular weight excluding hydrogens is 596 g/mol. The number of hydrogen-bond donors (Lipinski definition) is 6. The van der Waals surface area contributed by atoms with Gasteiger partial charge in [0.05, 0.1) is 22.8 Å². The van der Waals surface area contributed by atoms with Crippen molar-refractivity contribution < 1.29 is 49.7 Å². The first-order valence-electron chi connectivity index (χ1n) is 13.9. The third-order valence-electron chi connectivity index (χ3n) is 6.98. The molecule has 3 aromatic carbocycles. The maximum Gasteiger partial charge on any atom is 0.348 e. The third kappa shape index (κ3) is 8.11. The average Bonchev–Trinajstić information content (AvgIpc) is 3.01. The molecule has 0 aliphatic carbocycles. The maximum atomic E-state index is 13.2. The number of carbonyl (C=O) groups is 2. The van der Waals surface area contributed by atoms with Crippen molar-refractivity contribution in [1.29, 1.82) is 0 Å². The molecule has 0 bridgehead atoms. The van der Waals surface area contributed by atoms with Crippen molar-refractivity contribution in [1.82, 2.24) is 9.97 Å². The highest BCUT2D eigenvalue weighted by Crippen LogP contribution is 2.34. The zero-order valence-electron chi connectivity index (χ0n) is 25.1. The Kier molecular flexibility index (Phi) is 10.1. The number of phenols is 6. The number of esters is 2. The molecule has 46 heavy (non-hydrogen) atoms. The van der Waals surface area contributed by atoms with Crippen LogP contribution in [0.1, 0.15) is 45.0 Å². The quantitative estimate of drug-likeness (QED) is 0.0612. The van der Waals surface area contributed by atoms with Crippen LogP contribution in [0.25, 0.3) is 18.2 Å². The van der Waals surface area contributed by atoms with Crippen LogP contribution in [0, 0.1) is 20.8 Å². The molecule has 0 saturated carbocycles. The molecule has 1 atom stereocenters. The molecule has 0 radical (unpaired) electrons. The molecule has 4 rings (SSSR count). The Morgan fingerprint density at radius 3 is 2.09 bits per heavy atom. The molecule has 0 aliphatic heterocycles. The normalized spacial score (nSPS) is 12.0. The highest BCUT2D eigenvalue weighted by Gasteiger charge is 2.26. The number of benzene rings is 3. The molecule has 1 unspecified atom stereocenters. The van der Waals surface area contributed by atoms with Crippen LogP contribution in [0.4, 0.5) is 0 Å². The van der Waals surface area contributed by atoms with E-state index in [-0.39, 0.29) is 41.4 Å². The van der Waals surface area contributed by atoms with Gasteiger partial charge in [-0.2, -0.15) is 0 Å². The van der Waals surface area contributed by atoms with Gasteiger partial charge in [-0.1, -0.05) is 24.3 Å². The first-order valence-corrected chi connectivity index (χ1v) is 13.9. The van der Waals surface area contributed by atoms with Crippen molar-refractivity contribution in [2.24, 2.45) is 0 Å². The lowest BCUT2D eigenvalue weighted by atomic mass is 10.0.